The van der Waals surface area contributed by atoms with Crippen molar-refractivity contribution < 1.29 is 18.0 Å². The number of piperazine rings is 1. The molecule has 0 aliphatic carbocycles. The molecule has 3 nitrogen and oxygen atoms in total. The van der Waals surface area contributed by atoms with Crippen molar-refractivity contribution >= 4 is 21.8 Å². The topological polar surface area (TPSA) is 23.6 Å². The zero-order chi connectivity index (χ0) is 22.7. The van der Waals surface area contributed by atoms with E-state index in [1.54, 1.807) is 0 Å². The Kier molecular flexibility index (Phi) is 6.67. The fourth-order valence-electron chi connectivity index (χ4n) is 4.16. The predicted octanol–water partition coefficient (Wildman–Crippen LogP) is 6.02. The van der Waals surface area contributed by atoms with Gasteiger partial charge in [-0.1, -0.05) is 70.5 Å². The minimum atomic E-state index is -4.56. The lowest BCUT2D eigenvalue weighted by molar-refractivity contribution is -0.138. The van der Waals surface area contributed by atoms with Gasteiger partial charge in [-0.05, 0) is 35.4 Å². The van der Waals surface area contributed by atoms with Crippen molar-refractivity contribution in [3.8, 4) is 0 Å². The van der Waals surface area contributed by atoms with E-state index in [2.05, 4.69) is 45.1 Å². The predicted molar refractivity (Wildman–Crippen MR) is 121 cm³/mol. The SMILES string of the molecule is O=C(c1ccccc1C(F)(F)F)N1CCN([C@@H](c2ccccc2)c2ccc(Br)cc2)CC1. The van der Waals surface area contributed by atoms with Gasteiger partial charge in [-0.15, -0.1) is 0 Å². The Morgan fingerprint density at radius 3 is 1.97 bits per heavy atom. The van der Waals surface area contributed by atoms with Crippen molar-refractivity contribution in [3.05, 3.63) is 106 Å². The molecule has 1 aliphatic rings. The van der Waals surface area contributed by atoms with Gasteiger partial charge in [0.05, 0.1) is 17.2 Å². The minimum Gasteiger partial charge on any atom is -0.336 e. The molecule has 1 heterocycles. The van der Waals surface area contributed by atoms with Crippen molar-refractivity contribution in [1.82, 2.24) is 9.80 Å². The van der Waals surface area contributed by atoms with Crippen LogP contribution in [0.5, 0.6) is 0 Å². The number of hydrogen-bond acceptors (Lipinski definition) is 2. The van der Waals surface area contributed by atoms with E-state index in [0.29, 0.717) is 26.2 Å². The molecule has 1 fully saturated rings. The van der Waals surface area contributed by atoms with Gasteiger partial charge in [-0.2, -0.15) is 13.2 Å². The molecule has 0 radical (unpaired) electrons. The molecule has 0 N–H and O–H groups in total. The molecule has 3 aromatic carbocycles. The molecule has 3 aromatic rings. The number of amides is 1. The normalized spacial score (nSPS) is 16.1. The quantitative estimate of drug-likeness (QED) is 0.435. The molecule has 0 bridgehead atoms. The molecule has 4 rings (SSSR count). The Morgan fingerprint density at radius 1 is 0.781 bits per heavy atom. The molecule has 0 unspecified atom stereocenters. The monoisotopic (exact) mass is 502 g/mol. The van der Waals surface area contributed by atoms with Crippen LogP contribution in [0, 0.1) is 0 Å². The first-order valence-electron chi connectivity index (χ1n) is 10.3. The molecule has 1 aliphatic heterocycles. The second-order valence-electron chi connectivity index (χ2n) is 7.74. The van der Waals surface area contributed by atoms with E-state index in [9.17, 15) is 18.0 Å². The summed E-state index contributed by atoms with van der Waals surface area (Å²) in [5.41, 5.74) is 1.09. The number of hydrogen-bond donors (Lipinski definition) is 0. The molecule has 1 amide bonds. The Labute approximate surface area is 193 Å². The number of carbonyl (C=O) groups is 1. The van der Waals surface area contributed by atoms with Crippen molar-refractivity contribution in [2.45, 2.75) is 12.2 Å². The Bertz CT molecular complexity index is 1060. The van der Waals surface area contributed by atoms with Gasteiger partial charge in [0.15, 0.2) is 0 Å². The first-order valence-corrected chi connectivity index (χ1v) is 11.1. The van der Waals surface area contributed by atoms with Gasteiger partial charge in [0.2, 0.25) is 0 Å². The lowest BCUT2D eigenvalue weighted by Gasteiger charge is -2.40. The second-order valence-corrected chi connectivity index (χ2v) is 8.65. The third-order valence-electron chi connectivity index (χ3n) is 5.73. The molecule has 0 spiro atoms. The van der Waals surface area contributed by atoms with E-state index >= 15 is 0 Å². The fraction of sp³-hybridized carbons (Fsp3) is 0.240. The molecule has 7 heteroatoms. The van der Waals surface area contributed by atoms with E-state index < -0.39 is 17.6 Å². The van der Waals surface area contributed by atoms with Crippen molar-refractivity contribution in [1.29, 1.82) is 0 Å². The Morgan fingerprint density at radius 2 is 1.34 bits per heavy atom. The molecule has 32 heavy (non-hydrogen) atoms. The summed E-state index contributed by atoms with van der Waals surface area (Å²) in [4.78, 5) is 16.7. The van der Waals surface area contributed by atoms with Crippen LogP contribution in [0.15, 0.2) is 83.3 Å². The highest BCUT2D eigenvalue weighted by molar-refractivity contribution is 9.10. The molecule has 166 valence electrons. The average molecular weight is 503 g/mol. The molecule has 1 saturated heterocycles. The van der Waals surface area contributed by atoms with Gasteiger partial charge in [-0.3, -0.25) is 9.69 Å². The van der Waals surface area contributed by atoms with E-state index in [1.807, 2.05) is 30.3 Å². The summed E-state index contributed by atoms with van der Waals surface area (Å²) in [6.07, 6.45) is -4.56. The molecular weight excluding hydrogens is 481 g/mol. The lowest BCUT2D eigenvalue weighted by atomic mass is 9.96. The highest BCUT2D eigenvalue weighted by atomic mass is 79.9. The van der Waals surface area contributed by atoms with Crippen LogP contribution in [0.2, 0.25) is 0 Å². The van der Waals surface area contributed by atoms with Crippen LogP contribution in [0.25, 0.3) is 0 Å². The minimum absolute atomic E-state index is 0.00372. The van der Waals surface area contributed by atoms with Crippen molar-refractivity contribution in [2.24, 2.45) is 0 Å². The summed E-state index contributed by atoms with van der Waals surface area (Å²) in [7, 11) is 0. The summed E-state index contributed by atoms with van der Waals surface area (Å²) in [6, 6.07) is 23.2. The van der Waals surface area contributed by atoms with Gasteiger partial charge in [0.25, 0.3) is 5.91 Å². The summed E-state index contributed by atoms with van der Waals surface area (Å²) < 4.78 is 41.1. The van der Waals surface area contributed by atoms with Gasteiger partial charge in [0.1, 0.15) is 0 Å². The van der Waals surface area contributed by atoms with Crippen LogP contribution in [0.3, 0.4) is 0 Å². The molecular formula is C25H22BrF3N2O. The Hall–Kier alpha value is -2.64. The molecule has 0 saturated carbocycles. The van der Waals surface area contributed by atoms with Crippen molar-refractivity contribution in [2.75, 3.05) is 26.2 Å². The fourth-order valence-corrected chi connectivity index (χ4v) is 4.43. The summed E-state index contributed by atoms with van der Waals surface area (Å²) in [5.74, 6) is -0.572. The highest BCUT2D eigenvalue weighted by Gasteiger charge is 2.37. The molecule has 1 atom stereocenters. The second kappa shape index (κ2) is 9.46. The number of alkyl halides is 3. The first-order chi connectivity index (χ1) is 15.3. The zero-order valence-corrected chi connectivity index (χ0v) is 18.8. The van der Waals surface area contributed by atoms with Gasteiger partial charge >= 0.3 is 6.18 Å². The average Bonchev–Trinajstić information content (AvgIpc) is 2.81. The summed E-state index contributed by atoms with van der Waals surface area (Å²) in [5, 5.41) is 0. The van der Waals surface area contributed by atoms with Crippen LogP contribution in [0.4, 0.5) is 13.2 Å². The van der Waals surface area contributed by atoms with Crippen LogP contribution >= 0.6 is 15.9 Å². The van der Waals surface area contributed by atoms with Crippen molar-refractivity contribution in [3.63, 3.8) is 0 Å². The number of carbonyl (C=O) groups excluding carboxylic acids is 1. The standard InChI is InChI=1S/C25H22BrF3N2O/c26-20-12-10-19(11-13-20)23(18-6-2-1-3-7-18)30-14-16-31(17-15-30)24(32)21-8-4-5-9-22(21)25(27,28)29/h1-13,23H,14-17H2/t23-/m0/s1. The lowest BCUT2D eigenvalue weighted by Crippen LogP contribution is -2.50. The zero-order valence-electron chi connectivity index (χ0n) is 17.2. The van der Waals surface area contributed by atoms with E-state index in [-0.39, 0.29) is 11.6 Å². The van der Waals surface area contributed by atoms with Crippen LogP contribution in [0.1, 0.15) is 33.1 Å². The third-order valence-corrected chi connectivity index (χ3v) is 6.26. The van der Waals surface area contributed by atoms with Gasteiger partial charge < -0.3 is 4.90 Å². The van der Waals surface area contributed by atoms with E-state index in [4.69, 9.17) is 0 Å². The van der Waals surface area contributed by atoms with Gasteiger partial charge in [0, 0.05) is 30.7 Å². The van der Waals surface area contributed by atoms with Gasteiger partial charge in [-0.25, -0.2) is 0 Å². The number of nitrogens with zero attached hydrogens (tertiary/aromatic N) is 2. The van der Waals surface area contributed by atoms with Crippen LogP contribution in [-0.4, -0.2) is 41.9 Å². The summed E-state index contributed by atoms with van der Waals surface area (Å²) >= 11 is 3.47. The maximum Gasteiger partial charge on any atom is 0.417 e. The van der Waals surface area contributed by atoms with E-state index in [0.717, 1.165) is 21.7 Å². The maximum absolute atomic E-state index is 13.4. The van der Waals surface area contributed by atoms with Crippen LogP contribution in [-0.2, 0) is 6.18 Å². The molecule has 0 aromatic heterocycles. The largest absolute Gasteiger partial charge is 0.417 e. The van der Waals surface area contributed by atoms with Crippen LogP contribution < -0.4 is 0 Å². The number of rotatable bonds is 4. The maximum atomic E-state index is 13.4. The summed E-state index contributed by atoms with van der Waals surface area (Å²) in [6.45, 7) is 1.86. The Balaban J connectivity index is 1.54. The smallest absolute Gasteiger partial charge is 0.336 e. The third kappa shape index (κ3) is 4.89. The number of benzene rings is 3. The van der Waals surface area contributed by atoms with E-state index in [1.165, 1.54) is 23.1 Å². The first kappa shape index (κ1) is 22.6. The number of halogens is 4. The highest BCUT2D eigenvalue weighted by Crippen LogP contribution is 2.34.